The summed E-state index contributed by atoms with van der Waals surface area (Å²) >= 11 is 5.01. The molecule has 0 saturated heterocycles. The predicted octanol–water partition coefficient (Wildman–Crippen LogP) is 4.41. The number of carboxylic acids is 1. The maximum Gasteiger partial charge on any atom is 0.303 e. The van der Waals surface area contributed by atoms with E-state index in [4.69, 9.17) is 5.11 Å². The normalized spacial score (nSPS) is 10.8. The number of carbonyl (C=O) groups is 2. The number of carbonyl (C=O) groups excluding carboxylic acids is 1. The van der Waals surface area contributed by atoms with Gasteiger partial charge in [-0.1, -0.05) is 22.0 Å². The highest BCUT2D eigenvalue weighted by Gasteiger charge is 2.16. The van der Waals surface area contributed by atoms with Crippen LogP contribution in [0.1, 0.15) is 34.5 Å². The lowest BCUT2D eigenvalue weighted by Crippen LogP contribution is -2.02. The highest BCUT2D eigenvalue weighted by molar-refractivity contribution is 9.10. The topological polar surface area (TPSA) is 54.4 Å². The van der Waals surface area contributed by atoms with Crippen LogP contribution in [0.2, 0.25) is 0 Å². The molecule has 2 aromatic rings. The minimum atomic E-state index is -0.858. The lowest BCUT2D eigenvalue weighted by molar-refractivity contribution is -0.137. The molecule has 0 unspecified atom stereocenters. The van der Waals surface area contributed by atoms with Gasteiger partial charge in [0.05, 0.1) is 0 Å². The van der Waals surface area contributed by atoms with Gasteiger partial charge in [0, 0.05) is 37.8 Å². The Balaban J connectivity index is 2.26. The molecule has 1 aromatic carbocycles. The van der Waals surface area contributed by atoms with Crippen LogP contribution in [0.25, 0.3) is 10.1 Å². The van der Waals surface area contributed by atoms with E-state index in [0.29, 0.717) is 6.42 Å². The molecular formula is C14H13BrO3S. The second kappa shape index (κ2) is 5.84. The smallest absolute Gasteiger partial charge is 0.303 e. The van der Waals surface area contributed by atoms with Crippen molar-refractivity contribution in [2.75, 3.05) is 0 Å². The molecule has 0 aliphatic carbocycles. The fourth-order valence-electron chi connectivity index (χ4n) is 2.06. The number of ketones is 1. The molecule has 0 amide bonds. The van der Waals surface area contributed by atoms with Gasteiger partial charge in [-0.15, -0.1) is 11.3 Å². The molecule has 3 nitrogen and oxygen atoms in total. The Morgan fingerprint density at radius 3 is 2.74 bits per heavy atom. The highest BCUT2D eigenvalue weighted by Crippen LogP contribution is 2.33. The van der Waals surface area contributed by atoms with Crippen LogP contribution in [0.15, 0.2) is 22.7 Å². The van der Waals surface area contributed by atoms with Gasteiger partial charge >= 0.3 is 5.97 Å². The largest absolute Gasteiger partial charge is 0.481 e. The van der Waals surface area contributed by atoms with Crippen LogP contribution in [0.4, 0.5) is 0 Å². The van der Waals surface area contributed by atoms with E-state index in [0.717, 1.165) is 25.0 Å². The summed E-state index contributed by atoms with van der Waals surface area (Å²) in [4.78, 5) is 23.7. The summed E-state index contributed by atoms with van der Waals surface area (Å²) in [6, 6.07) is 5.86. The fraction of sp³-hybridized carbons (Fsp3) is 0.286. The predicted molar refractivity (Wildman–Crippen MR) is 80.1 cm³/mol. The van der Waals surface area contributed by atoms with E-state index in [-0.39, 0.29) is 18.6 Å². The first-order valence-corrected chi connectivity index (χ1v) is 7.53. The van der Waals surface area contributed by atoms with Gasteiger partial charge in [0.15, 0.2) is 5.78 Å². The number of fused-ring (bicyclic) bond motifs is 1. The minimum Gasteiger partial charge on any atom is -0.481 e. The minimum absolute atomic E-state index is 0.0346. The van der Waals surface area contributed by atoms with Crippen molar-refractivity contribution in [2.45, 2.75) is 26.2 Å². The zero-order chi connectivity index (χ0) is 14.0. The third-order valence-electron chi connectivity index (χ3n) is 2.90. The van der Waals surface area contributed by atoms with E-state index in [9.17, 15) is 9.59 Å². The van der Waals surface area contributed by atoms with Crippen molar-refractivity contribution in [3.8, 4) is 0 Å². The molecule has 0 radical (unpaired) electrons. The maximum absolute atomic E-state index is 12.2. The van der Waals surface area contributed by atoms with Gasteiger partial charge in [0.25, 0.3) is 0 Å². The summed E-state index contributed by atoms with van der Waals surface area (Å²) in [6.07, 6.45) is 0.717. The van der Waals surface area contributed by atoms with Crippen molar-refractivity contribution in [3.05, 3.63) is 33.1 Å². The summed E-state index contributed by atoms with van der Waals surface area (Å²) in [7, 11) is 0. The Morgan fingerprint density at radius 2 is 2.05 bits per heavy atom. The van der Waals surface area contributed by atoms with E-state index in [1.54, 1.807) is 11.3 Å². The Morgan fingerprint density at radius 1 is 1.32 bits per heavy atom. The Hall–Kier alpha value is -1.20. The highest BCUT2D eigenvalue weighted by atomic mass is 79.9. The lowest BCUT2D eigenvalue weighted by atomic mass is 10.0. The quantitative estimate of drug-likeness (QED) is 0.820. The standard InChI is InChI=1S/C14H13BrO3S/c1-8-14(11(16)3-2-4-13(17)18)10-6-5-9(15)7-12(10)19-8/h5-7H,2-4H2,1H3,(H,17,18). The van der Waals surface area contributed by atoms with Crippen LogP contribution in [-0.4, -0.2) is 16.9 Å². The Bertz CT molecular complexity index is 645. The van der Waals surface area contributed by atoms with Crippen molar-refractivity contribution in [2.24, 2.45) is 0 Å². The van der Waals surface area contributed by atoms with Crippen LogP contribution in [0.5, 0.6) is 0 Å². The number of aryl methyl sites for hydroxylation is 1. The van der Waals surface area contributed by atoms with Gasteiger partial charge in [-0.2, -0.15) is 0 Å². The van der Waals surface area contributed by atoms with Crippen LogP contribution in [0.3, 0.4) is 0 Å². The molecule has 0 aliphatic rings. The summed E-state index contributed by atoms with van der Waals surface area (Å²) in [6.45, 7) is 1.93. The summed E-state index contributed by atoms with van der Waals surface area (Å²) in [5.74, 6) is -0.823. The number of halogens is 1. The van der Waals surface area contributed by atoms with E-state index < -0.39 is 5.97 Å². The molecule has 5 heteroatoms. The third kappa shape index (κ3) is 3.22. The van der Waals surface area contributed by atoms with Crippen LogP contribution < -0.4 is 0 Å². The Kier molecular flexibility index (Phi) is 4.37. The number of hydrogen-bond donors (Lipinski definition) is 1. The molecule has 1 heterocycles. The van der Waals surface area contributed by atoms with Crippen molar-refractivity contribution < 1.29 is 14.7 Å². The van der Waals surface area contributed by atoms with Crippen molar-refractivity contribution in [1.82, 2.24) is 0 Å². The summed E-state index contributed by atoms with van der Waals surface area (Å²) in [5, 5.41) is 9.56. The number of thiophene rings is 1. The third-order valence-corrected chi connectivity index (χ3v) is 4.46. The molecule has 0 saturated carbocycles. The van der Waals surface area contributed by atoms with E-state index in [2.05, 4.69) is 15.9 Å². The van der Waals surface area contributed by atoms with Crippen molar-refractivity contribution >= 4 is 49.1 Å². The second-order valence-electron chi connectivity index (χ2n) is 4.34. The van der Waals surface area contributed by atoms with Crippen LogP contribution in [-0.2, 0) is 4.79 Å². The number of rotatable bonds is 5. The van der Waals surface area contributed by atoms with E-state index in [1.165, 1.54) is 0 Å². The maximum atomic E-state index is 12.2. The summed E-state index contributed by atoms with van der Waals surface area (Å²) < 4.78 is 2.07. The molecule has 2 rings (SSSR count). The average molecular weight is 341 g/mol. The molecule has 1 N–H and O–H groups in total. The summed E-state index contributed by atoms with van der Waals surface area (Å²) in [5.41, 5.74) is 0.748. The van der Waals surface area contributed by atoms with E-state index in [1.807, 2.05) is 25.1 Å². The number of aliphatic carboxylic acids is 1. The average Bonchev–Trinajstić information content (AvgIpc) is 2.63. The monoisotopic (exact) mass is 340 g/mol. The zero-order valence-electron chi connectivity index (χ0n) is 10.4. The number of hydrogen-bond acceptors (Lipinski definition) is 3. The fourth-order valence-corrected chi connectivity index (χ4v) is 3.70. The van der Waals surface area contributed by atoms with Crippen molar-refractivity contribution in [1.29, 1.82) is 0 Å². The first-order chi connectivity index (χ1) is 8.99. The van der Waals surface area contributed by atoms with Crippen molar-refractivity contribution in [3.63, 3.8) is 0 Å². The molecule has 0 atom stereocenters. The molecule has 0 fully saturated rings. The molecule has 100 valence electrons. The first kappa shape index (κ1) is 14.2. The number of Topliss-reactive ketones (excluding diaryl/α,β-unsaturated/α-hetero) is 1. The lowest BCUT2D eigenvalue weighted by Gasteiger charge is -2.00. The first-order valence-electron chi connectivity index (χ1n) is 5.92. The number of carboxylic acid groups (broad SMARTS) is 1. The zero-order valence-corrected chi connectivity index (χ0v) is 12.8. The van der Waals surface area contributed by atoms with Crippen LogP contribution in [0, 0.1) is 6.92 Å². The molecule has 0 bridgehead atoms. The van der Waals surface area contributed by atoms with Gasteiger partial charge in [-0.05, 0) is 25.5 Å². The van der Waals surface area contributed by atoms with Gasteiger partial charge < -0.3 is 5.11 Å². The van der Waals surface area contributed by atoms with Gasteiger partial charge in [0.2, 0.25) is 0 Å². The molecular weight excluding hydrogens is 328 g/mol. The van der Waals surface area contributed by atoms with Gasteiger partial charge in [-0.25, -0.2) is 0 Å². The molecule has 19 heavy (non-hydrogen) atoms. The Labute approximate surface area is 123 Å². The van der Waals surface area contributed by atoms with Crippen LogP contribution >= 0.6 is 27.3 Å². The van der Waals surface area contributed by atoms with E-state index >= 15 is 0 Å². The molecule has 0 spiro atoms. The molecule has 0 aliphatic heterocycles. The van der Waals surface area contributed by atoms with Gasteiger partial charge in [-0.3, -0.25) is 9.59 Å². The molecule has 1 aromatic heterocycles. The SMILES string of the molecule is Cc1sc2cc(Br)ccc2c1C(=O)CCCC(=O)O. The number of benzene rings is 1. The second-order valence-corrected chi connectivity index (χ2v) is 6.52. The van der Waals surface area contributed by atoms with Gasteiger partial charge in [0.1, 0.15) is 0 Å².